The highest BCUT2D eigenvalue weighted by Gasteiger charge is 2.20. The number of hydrogen-bond acceptors (Lipinski definition) is 6. The summed E-state index contributed by atoms with van der Waals surface area (Å²) in [4.78, 5) is 48.4. The minimum absolute atomic E-state index is 0.0314. The summed E-state index contributed by atoms with van der Waals surface area (Å²) in [5.74, 6) is -1.09. The maximum atomic E-state index is 12.9. The number of fused-ring (bicyclic) bond motifs is 1. The van der Waals surface area contributed by atoms with Gasteiger partial charge in [-0.25, -0.2) is 9.48 Å². The van der Waals surface area contributed by atoms with Crippen LogP contribution in [-0.2, 0) is 11.3 Å². The summed E-state index contributed by atoms with van der Waals surface area (Å²) < 4.78 is 2.29. The van der Waals surface area contributed by atoms with Crippen LogP contribution in [0.25, 0.3) is 5.65 Å². The van der Waals surface area contributed by atoms with Gasteiger partial charge in [-0.1, -0.05) is 36.4 Å². The highest BCUT2D eigenvalue weighted by atomic mass is 16.6. The molecule has 0 aliphatic rings. The molecule has 1 amide bonds. The Morgan fingerprint density at radius 3 is 2.48 bits per heavy atom. The number of nitro groups is 1. The number of nitrogens with zero attached hydrogens (tertiary/aromatic N) is 4. The number of carbonyl (C=O) groups excluding carboxylic acids is 2. The first-order valence-corrected chi connectivity index (χ1v) is 9.16. The van der Waals surface area contributed by atoms with E-state index in [4.69, 9.17) is 0 Å². The van der Waals surface area contributed by atoms with Gasteiger partial charge in [0.2, 0.25) is 5.91 Å². The van der Waals surface area contributed by atoms with Crippen molar-refractivity contribution in [1.82, 2.24) is 14.2 Å². The Labute approximate surface area is 174 Å². The van der Waals surface area contributed by atoms with Gasteiger partial charge < -0.3 is 5.32 Å². The van der Waals surface area contributed by atoms with Crippen molar-refractivity contribution in [3.05, 3.63) is 105 Å². The standard InChI is InChI=1S/C21H15N5O5/c27-19(13-25-21(29)24-11-5-4-8-18(24)23-25)22-17-10-9-15(26(30)31)12-16(17)20(28)14-6-2-1-3-7-14/h1-12H,13H2,(H,22,27). The van der Waals surface area contributed by atoms with Crippen LogP contribution in [0.1, 0.15) is 15.9 Å². The molecule has 0 saturated heterocycles. The van der Waals surface area contributed by atoms with E-state index in [2.05, 4.69) is 10.4 Å². The lowest BCUT2D eigenvalue weighted by atomic mass is 10.0. The molecule has 2 aromatic carbocycles. The van der Waals surface area contributed by atoms with E-state index < -0.39 is 28.8 Å². The largest absolute Gasteiger partial charge is 0.350 e. The number of hydrogen-bond donors (Lipinski definition) is 1. The summed E-state index contributed by atoms with van der Waals surface area (Å²) in [7, 11) is 0. The van der Waals surface area contributed by atoms with Crippen LogP contribution >= 0.6 is 0 Å². The number of carbonyl (C=O) groups is 2. The van der Waals surface area contributed by atoms with E-state index in [-0.39, 0.29) is 16.9 Å². The second kappa shape index (κ2) is 8.03. The molecule has 0 radical (unpaired) electrons. The average molecular weight is 417 g/mol. The number of anilines is 1. The van der Waals surface area contributed by atoms with Gasteiger partial charge in [0.25, 0.3) is 5.69 Å². The molecule has 0 bridgehead atoms. The van der Waals surface area contributed by atoms with Crippen molar-refractivity contribution in [2.45, 2.75) is 6.54 Å². The molecular formula is C21H15N5O5. The Kier molecular flexibility index (Phi) is 5.10. The molecule has 0 saturated carbocycles. The zero-order valence-electron chi connectivity index (χ0n) is 16.0. The maximum Gasteiger partial charge on any atom is 0.350 e. The normalized spacial score (nSPS) is 10.7. The first-order valence-electron chi connectivity index (χ1n) is 9.16. The van der Waals surface area contributed by atoms with Gasteiger partial charge in [-0.2, -0.15) is 0 Å². The highest BCUT2D eigenvalue weighted by Crippen LogP contribution is 2.25. The fraction of sp³-hybridized carbons (Fsp3) is 0.0476. The van der Waals surface area contributed by atoms with Gasteiger partial charge in [0.05, 0.1) is 16.2 Å². The molecule has 0 unspecified atom stereocenters. The van der Waals surface area contributed by atoms with Crippen LogP contribution in [0.15, 0.2) is 77.7 Å². The first kappa shape index (κ1) is 19.7. The first-order chi connectivity index (χ1) is 14.9. The minimum atomic E-state index is -0.621. The van der Waals surface area contributed by atoms with E-state index >= 15 is 0 Å². The molecule has 2 aromatic heterocycles. The molecule has 1 N–H and O–H groups in total. The molecule has 10 nitrogen and oxygen atoms in total. The minimum Gasteiger partial charge on any atom is -0.324 e. The Bertz CT molecular complexity index is 1370. The molecule has 2 heterocycles. The molecule has 0 atom stereocenters. The van der Waals surface area contributed by atoms with E-state index in [1.54, 1.807) is 48.5 Å². The third kappa shape index (κ3) is 3.94. The highest BCUT2D eigenvalue weighted by molar-refractivity contribution is 6.14. The number of amides is 1. The topological polar surface area (TPSA) is 129 Å². The van der Waals surface area contributed by atoms with Gasteiger partial charge >= 0.3 is 5.69 Å². The third-order valence-electron chi connectivity index (χ3n) is 4.55. The molecule has 0 fully saturated rings. The fourth-order valence-corrected chi connectivity index (χ4v) is 3.08. The lowest BCUT2D eigenvalue weighted by Crippen LogP contribution is -2.28. The SMILES string of the molecule is O=C(Cn1nc2ccccn2c1=O)Nc1ccc([N+](=O)[O-])cc1C(=O)c1ccccc1. The summed E-state index contributed by atoms with van der Waals surface area (Å²) >= 11 is 0. The van der Waals surface area contributed by atoms with E-state index in [1.807, 2.05) is 0 Å². The van der Waals surface area contributed by atoms with Gasteiger partial charge in [-0.3, -0.25) is 24.1 Å². The molecule has 4 rings (SSSR count). The summed E-state index contributed by atoms with van der Waals surface area (Å²) in [5, 5.41) is 17.8. The summed E-state index contributed by atoms with van der Waals surface area (Å²) in [6.45, 7) is -0.392. The van der Waals surface area contributed by atoms with Crippen LogP contribution in [0, 0.1) is 10.1 Å². The van der Waals surface area contributed by atoms with Crippen molar-refractivity contribution in [3.8, 4) is 0 Å². The van der Waals surface area contributed by atoms with Crippen LogP contribution in [-0.4, -0.2) is 30.8 Å². The second-order valence-electron chi connectivity index (χ2n) is 6.60. The van der Waals surface area contributed by atoms with Gasteiger partial charge in [0.1, 0.15) is 6.54 Å². The third-order valence-corrected chi connectivity index (χ3v) is 4.55. The quantitative estimate of drug-likeness (QED) is 0.291. The lowest BCUT2D eigenvalue weighted by molar-refractivity contribution is -0.384. The Morgan fingerprint density at radius 2 is 1.77 bits per heavy atom. The fourth-order valence-electron chi connectivity index (χ4n) is 3.08. The van der Waals surface area contributed by atoms with Gasteiger partial charge in [-0.05, 0) is 18.2 Å². The Balaban J connectivity index is 1.64. The number of nitrogens with one attached hydrogen (secondary N) is 1. The number of rotatable bonds is 6. The van der Waals surface area contributed by atoms with Crippen LogP contribution in [0.4, 0.5) is 11.4 Å². The van der Waals surface area contributed by atoms with Crippen LogP contribution < -0.4 is 11.0 Å². The molecule has 4 aromatic rings. The number of aromatic nitrogens is 3. The van der Waals surface area contributed by atoms with Crippen molar-refractivity contribution in [2.75, 3.05) is 5.32 Å². The summed E-state index contributed by atoms with van der Waals surface area (Å²) in [5.41, 5.74) is -0.00750. The van der Waals surface area contributed by atoms with Crippen molar-refractivity contribution in [3.63, 3.8) is 0 Å². The van der Waals surface area contributed by atoms with Gasteiger partial charge in [-0.15, -0.1) is 5.10 Å². The maximum absolute atomic E-state index is 12.9. The van der Waals surface area contributed by atoms with E-state index in [0.29, 0.717) is 11.2 Å². The molecule has 0 spiro atoms. The van der Waals surface area contributed by atoms with E-state index in [9.17, 15) is 24.5 Å². The number of pyridine rings is 1. The average Bonchev–Trinajstić information content (AvgIpc) is 3.09. The molecule has 154 valence electrons. The zero-order chi connectivity index (χ0) is 22.0. The lowest BCUT2D eigenvalue weighted by Gasteiger charge is -2.10. The number of benzene rings is 2. The molecule has 31 heavy (non-hydrogen) atoms. The van der Waals surface area contributed by atoms with Crippen LogP contribution in [0.3, 0.4) is 0 Å². The van der Waals surface area contributed by atoms with Crippen molar-refractivity contribution in [1.29, 1.82) is 0 Å². The predicted octanol–water partition coefficient (Wildman–Crippen LogP) is 2.27. The Hall–Kier alpha value is -4.60. The van der Waals surface area contributed by atoms with Crippen LogP contribution in [0.2, 0.25) is 0 Å². The molecule has 0 aliphatic heterocycles. The number of non-ortho nitro benzene ring substituents is 1. The van der Waals surface area contributed by atoms with Gasteiger partial charge in [0, 0.05) is 23.9 Å². The second-order valence-corrected chi connectivity index (χ2v) is 6.60. The molecule has 0 aliphatic carbocycles. The monoisotopic (exact) mass is 417 g/mol. The number of ketones is 1. The smallest absolute Gasteiger partial charge is 0.324 e. The molecule has 10 heteroatoms. The zero-order valence-corrected chi connectivity index (χ0v) is 16.0. The number of nitro benzene ring substituents is 1. The summed E-state index contributed by atoms with van der Waals surface area (Å²) in [6.07, 6.45) is 1.53. The van der Waals surface area contributed by atoms with Crippen molar-refractivity contribution in [2.24, 2.45) is 0 Å². The molecular weight excluding hydrogens is 402 g/mol. The summed E-state index contributed by atoms with van der Waals surface area (Å²) in [6, 6.07) is 16.8. The van der Waals surface area contributed by atoms with E-state index in [0.717, 1.165) is 10.7 Å². The predicted molar refractivity (Wildman–Crippen MR) is 111 cm³/mol. The van der Waals surface area contributed by atoms with Crippen LogP contribution in [0.5, 0.6) is 0 Å². The van der Waals surface area contributed by atoms with Gasteiger partial charge in [0.15, 0.2) is 11.4 Å². The van der Waals surface area contributed by atoms with Crippen molar-refractivity contribution >= 4 is 28.7 Å². The van der Waals surface area contributed by atoms with Crippen molar-refractivity contribution < 1.29 is 14.5 Å². The Morgan fingerprint density at radius 1 is 1.03 bits per heavy atom. The van der Waals surface area contributed by atoms with E-state index in [1.165, 1.54) is 22.7 Å².